The number of furan rings is 1. The van der Waals surface area contributed by atoms with Crippen molar-refractivity contribution in [3.63, 3.8) is 0 Å². The van der Waals surface area contributed by atoms with Crippen LogP contribution in [0.2, 0.25) is 0 Å². The lowest BCUT2D eigenvalue weighted by Crippen LogP contribution is -2.39. The second-order valence-electron chi connectivity index (χ2n) is 6.42. The summed E-state index contributed by atoms with van der Waals surface area (Å²) in [6.07, 6.45) is 5.51. The maximum atomic E-state index is 5.38. The Morgan fingerprint density at radius 3 is 2.45 bits per heavy atom. The third-order valence-electron chi connectivity index (χ3n) is 4.28. The largest absolute Gasteiger partial charge is 0.497 e. The predicted molar refractivity (Wildman–Crippen MR) is 129 cm³/mol. The lowest BCUT2D eigenvalue weighted by atomic mass is 10.1. The molecule has 1 aromatic carbocycles. The van der Waals surface area contributed by atoms with Gasteiger partial charge in [0, 0.05) is 39.3 Å². The standard InChI is InChI=1S/C22H33N3O3.HI/c1-3-27-17-5-4-14-23-22(25-16-13-21-7-6-18-28-21)24-15-12-19-8-10-20(26-2)11-9-19;/h6-11,18H,3-5,12-17H2,1-2H3,(H2,23,24,25);1H. The van der Waals surface area contributed by atoms with Crippen LogP contribution in [0, 0.1) is 0 Å². The first-order valence-electron chi connectivity index (χ1n) is 10.1. The van der Waals surface area contributed by atoms with Crippen LogP contribution in [0.15, 0.2) is 52.1 Å². The first-order chi connectivity index (χ1) is 13.8. The van der Waals surface area contributed by atoms with E-state index >= 15 is 0 Å². The van der Waals surface area contributed by atoms with E-state index in [4.69, 9.17) is 13.9 Å². The summed E-state index contributed by atoms with van der Waals surface area (Å²) in [5.74, 6) is 2.70. The van der Waals surface area contributed by atoms with E-state index in [0.29, 0.717) is 0 Å². The first-order valence-corrected chi connectivity index (χ1v) is 10.1. The van der Waals surface area contributed by atoms with Crippen molar-refractivity contribution in [3.8, 4) is 5.75 Å². The number of rotatable bonds is 13. The average molecular weight is 515 g/mol. The molecule has 7 heteroatoms. The number of nitrogens with one attached hydrogen (secondary N) is 2. The number of nitrogens with zero attached hydrogens (tertiary/aromatic N) is 1. The number of benzene rings is 1. The van der Waals surface area contributed by atoms with Crippen LogP contribution in [-0.2, 0) is 17.6 Å². The van der Waals surface area contributed by atoms with Gasteiger partial charge in [0.05, 0.1) is 13.4 Å². The topological polar surface area (TPSA) is 68.0 Å². The van der Waals surface area contributed by atoms with Gasteiger partial charge in [-0.1, -0.05) is 12.1 Å². The van der Waals surface area contributed by atoms with E-state index in [2.05, 4.69) is 27.8 Å². The molecule has 0 saturated heterocycles. The van der Waals surface area contributed by atoms with Crippen LogP contribution < -0.4 is 15.4 Å². The van der Waals surface area contributed by atoms with Crippen molar-refractivity contribution in [2.24, 2.45) is 4.99 Å². The van der Waals surface area contributed by atoms with E-state index in [1.54, 1.807) is 13.4 Å². The first kappa shape index (κ1) is 25.3. The molecule has 2 rings (SSSR count). The SMILES string of the molecule is CCOCCCCN=C(NCCc1ccc(OC)cc1)NCCc1ccco1.I. The number of unbranched alkanes of at least 4 members (excludes halogenated alkanes) is 1. The molecule has 2 N–H and O–H groups in total. The second-order valence-corrected chi connectivity index (χ2v) is 6.42. The molecule has 0 aliphatic heterocycles. The van der Waals surface area contributed by atoms with Crippen LogP contribution in [0.5, 0.6) is 5.75 Å². The maximum Gasteiger partial charge on any atom is 0.191 e. The molecule has 0 fully saturated rings. The van der Waals surface area contributed by atoms with E-state index in [1.165, 1.54) is 5.56 Å². The molecule has 0 amide bonds. The fourth-order valence-electron chi connectivity index (χ4n) is 2.70. The zero-order chi connectivity index (χ0) is 19.9. The lowest BCUT2D eigenvalue weighted by molar-refractivity contribution is 0.144. The number of guanidine groups is 1. The Kier molecular flexibility index (Phi) is 14.0. The lowest BCUT2D eigenvalue weighted by Gasteiger charge is -2.12. The normalized spacial score (nSPS) is 11.0. The molecule has 0 aliphatic rings. The number of hydrogen-bond donors (Lipinski definition) is 2. The van der Waals surface area contributed by atoms with Gasteiger partial charge in [-0.25, -0.2) is 0 Å². The molecule has 6 nitrogen and oxygen atoms in total. The molecule has 162 valence electrons. The van der Waals surface area contributed by atoms with Crippen molar-refractivity contribution in [2.45, 2.75) is 32.6 Å². The van der Waals surface area contributed by atoms with Gasteiger partial charge in [-0.3, -0.25) is 4.99 Å². The molecular weight excluding hydrogens is 481 g/mol. The number of methoxy groups -OCH3 is 1. The zero-order valence-corrected chi connectivity index (χ0v) is 19.8. The molecule has 1 heterocycles. The Bertz CT molecular complexity index is 660. The summed E-state index contributed by atoms with van der Waals surface area (Å²) < 4.78 is 16.0. The van der Waals surface area contributed by atoms with Gasteiger partial charge >= 0.3 is 0 Å². The minimum atomic E-state index is 0. The smallest absolute Gasteiger partial charge is 0.191 e. The summed E-state index contributed by atoms with van der Waals surface area (Å²) in [7, 11) is 1.68. The van der Waals surface area contributed by atoms with Gasteiger partial charge in [0.15, 0.2) is 5.96 Å². The fourth-order valence-corrected chi connectivity index (χ4v) is 2.70. The minimum absolute atomic E-state index is 0. The van der Waals surface area contributed by atoms with E-state index in [-0.39, 0.29) is 24.0 Å². The van der Waals surface area contributed by atoms with E-state index in [9.17, 15) is 0 Å². The Labute approximate surface area is 191 Å². The molecule has 0 unspecified atom stereocenters. The van der Waals surface area contributed by atoms with Crippen LogP contribution in [0.3, 0.4) is 0 Å². The maximum absolute atomic E-state index is 5.38. The van der Waals surface area contributed by atoms with Crippen LogP contribution in [0.1, 0.15) is 31.1 Å². The summed E-state index contributed by atoms with van der Waals surface area (Å²) in [6.45, 7) is 5.98. The van der Waals surface area contributed by atoms with Crippen molar-refractivity contribution in [1.29, 1.82) is 0 Å². The fraction of sp³-hybridized carbons (Fsp3) is 0.500. The van der Waals surface area contributed by atoms with E-state index in [1.807, 2.05) is 31.2 Å². The van der Waals surface area contributed by atoms with Crippen molar-refractivity contribution >= 4 is 29.9 Å². The number of hydrogen-bond acceptors (Lipinski definition) is 4. The Morgan fingerprint density at radius 2 is 1.79 bits per heavy atom. The van der Waals surface area contributed by atoms with Gasteiger partial charge in [-0.05, 0) is 56.0 Å². The summed E-state index contributed by atoms with van der Waals surface area (Å²) in [5.41, 5.74) is 1.26. The summed E-state index contributed by atoms with van der Waals surface area (Å²) in [4.78, 5) is 4.69. The molecular formula is C22H34IN3O3. The zero-order valence-electron chi connectivity index (χ0n) is 17.5. The van der Waals surface area contributed by atoms with Crippen molar-refractivity contribution in [2.75, 3.05) is 40.0 Å². The van der Waals surface area contributed by atoms with Gasteiger partial charge < -0.3 is 24.5 Å². The predicted octanol–water partition coefficient (Wildman–Crippen LogP) is 4.04. The Hall–Kier alpha value is -1.74. The highest BCUT2D eigenvalue weighted by atomic mass is 127. The highest BCUT2D eigenvalue weighted by Crippen LogP contribution is 2.11. The van der Waals surface area contributed by atoms with E-state index in [0.717, 1.165) is 76.0 Å². The van der Waals surface area contributed by atoms with Gasteiger partial charge in [0.1, 0.15) is 11.5 Å². The molecule has 2 aromatic rings. The number of ether oxygens (including phenoxy) is 2. The van der Waals surface area contributed by atoms with Crippen LogP contribution in [0.4, 0.5) is 0 Å². The third-order valence-corrected chi connectivity index (χ3v) is 4.28. The Balaban J connectivity index is 0.00000420. The van der Waals surface area contributed by atoms with Gasteiger partial charge in [-0.15, -0.1) is 24.0 Å². The quantitative estimate of drug-likeness (QED) is 0.183. The van der Waals surface area contributed by atoms with Gasteiger partial charge in [0.2, 0.25) is 0 Å². The van der Waals surface area contributed by atoms with Gasteiger partial charge in [0.25, 0.3) is 0 Å². The van der Waals surface area contributed by atoms with Crippen LogP contribution >= 0.6 is 24.0 Å². The average Bonchev–Trinajstić information content (AvgIpc) is 3.24. The van der Waals surface area contributed by atoms with Gasteiger partial charge in [-0.2, -0.15) is 0 Å². The summed E-state index contributed by atoms with van der Waals surface area (Å²) in [6, 6.07) is 12.1. The number of aliphatic imine (C=N–C) groups is 1. The van der Waals surface area contributed by atoms with Crippen molar-refractivity contribution in [3.05, 3.63) is 54.0 Å². The molecule has 1 aromatic heterocycles. The molecule has 0 aliphatic carbocycles. The molecule has 0 radical (unpaired) electrons. The highest BCUT2D eigenvalue weighted by Gasteiger charge is 2.01. The highest BCUT2D eigenvalue weighted by molar-refractivity contribution is 14.0. The Morgan fingerprint density at radius 1 is 1.03 bits per heavy atom. The van der Waals surface area contributed by atoms with Crippen molar-refractivity contribution in [1.82, 2.24) is 10.6 Å². The molecule has 0 atom stereocenters. The monoisotopic (exact) mass is 515 g/mol. The van der Waals surface area contributed by atoms with Crippen LogP contribution in [0.25, 0.3) is 0 Å². The van der Waals surface area contributed by atoms with Crippen molar-refractivity contribution < 1.29 is 13.9 Å². The summed E-state index contributed by atoms with van der Waals surface area (Å²) in [5, 5.41) is 6.82. The molecule has 29 heavy (non-hydrogen) atoms. The minimum Gasteiger partial charge on any atom is -0.497 e. The molecule has 0 spiro atoms. The summed E-state index contributed by atoms with van der Waals surface area (Å²) >= 11 is 0. The third kappa shape index (κ3) is 11.1. The second kappa shape index (κ2) is 16.1. The molecule has 0 bridgehead atoms. The van der Waals surface area contributed by atoms with E-state index < -0.39 is 0 Å². The number of halogens is 1. The van der Waals surface area contributed by atoms with Crippen LogP contribution in [-0.4, -0.2) is 45.9 Å². The molecule has 0 saturated carbocycles.